The lowest BCUT2D eigenvalue weighted by Gasteiger charge is -2.39. The molecule has 0 amide bonds. The standard InChI is InChI=1S/C21H20N2O4/c1-27-19-8-3-2-6-15(19)22-9-11-23(12-10-22)16-13-18(25)14-5-4-7-17(24)20(14)21(16)26/h2-8,13,24H,9-12H2,1H3. The molecule has 1 aliphatic heterocycles. The topological polar surface area (TPSA) is 70.1 Å². The minimum absolute atomic E-state index is 0.104. The number of aromatic hydroxyl groups is 1. The number of para-hydroxylation sites is 2. The molecule has 1 saturated heterocycles. The minimum atomic E-state index is -0.298. The second-order valence-corrected chi connectivity index (χ2v) is 6.57. The Hall–Kier alpha value is -3.28. The number of piperazine rings is 1. The van der Waals surface area contributed by atoms with Gasteiger partial charge in [0.05, 0.1) is 24.1 Å². The molecule has 0 bridgehead atoms. The van der Waals surface area contributed by atoms with E-state index in [0.717, 1.165) is 11.4 Å². The number of allylic oxidation sites excluding steroid dienone is 2. The zero-order valence-corrected chi connectivity index (χ0v) is 15.0. The third-order valence-corrected chi connectivity index (χ3v) is 5.08. The van der Waals surface area contributed by atoms with E-state index < -0.39 is 0 Å². The Balaban J connectivity index is 1.54. The van der Waals surface area contributed by atoms with E-state index in [1.807, 2.05) is 29.2 Å². The molecule has 2 aromatic rings. The van der Waals surface area contributed by atoms with Crippen molar-refractivity contribution in [2.45, 2.75) is 0 Å². The van der Waals surface area contributed by atoms with Crippen molar-refractivity contribution in [2.24, 2.45) is 0 Å². The van der Waals surface area contributed by atoms with Crippen LogP contribution in [-0.2, 0) is 0 Å². The second-order valence-electron chi connectivity index (χ2n) is 6.57. The van der Waals surface area contributed by atoms with Crippen LogP contribution in [0.4, 0.5) is 5.69 Å². The van der Waals surface area contributed by atoms with E-state index in [4.69, 9.17) is 4.74 Å². The summed E-state index contributed by atoms with van der Waals surface area (Å²) in [6, 6.07) is 12.4. The molecule has 2 aromatic carbocycles. The molecule has 0 saturated carbocycles. The number of phenolic OH excluding ortho intramolecular Hbond substituents is 1. The van der Waals surface area contributed by atoms with Gasteiger partial charge in [0.1, 0.15) is 11.5 Å². The van der Waals surface area contributed by atoms with Gasteiger partial charge >= 0.3 is 0 Å². The Morgan fingerprint density at radius 3 is 2.37 bits per heavy atom. The molecular formula is C21H20N2O4. The third-order valence-electron chi connectivity index (χ3n) is 5.08. The number of nitrogens with zero attached hydrogens (tertiary/aromatic N) is 2. The lowest BCUT2D eigenvalue weighted by Crippen LogP contribution is -2.47. The zero-order valence-electron chi connectivity index (χ0n) is 15.0. The number of ether oxygens (including phenoxy) is 1. The van der Waals surface area contributed by atoms with E-state index in [1.54, 1.807) is 19.2 Å². The van der Waals surface area contributed by atoms with Crippen molar-refractivity contribution in [3.63, 3.8) is 0 Å². The summed E-state index contributed by atoms with van der Waals surface area (Å²) in [4.78, 5) is 29.4. The summed E-state index contributed by atoms with van der Waals surface area (Å²) in [5, 5.41) is 10.1. The summed E-state index contributed by atoms with van der Waals surface area (Å²) in [7, 11) is 1.65. The van der Waals surface area contributed by atoms with Gasteiger partial charge in [-0.05, 0) is 18.2 Å². The van der Waals surface area contributed by atoms with Crippen LogP contribution in [0, 0.1) is 0 Å². The molecule has 1 N–H and O–H groups in total. The van der Waals surface area contributed by atoms with Gasteiger partial charge < -0.3 is 19.6 Å². The number of fused-ring (bicyclic) bond motifs is 1. The first-order valence-electron chi connectivity index (χ1n) is 8.86. The van der Waals surface area contributed by atoms with Gasteiger partial charge in [-0.2, -0.15) is 0 Å². The number of hydrogen-bond donors (Lipinski definition) is 1. The predicted molar refractivity (Wildman–Crippen MR) is 102 cm³/mol. The Morgan fingerprint density at radius 2 is 1.63 bits per heavy atom. The lowest BCUT2D eigenvalue weighted by atomic mass is 9.91. The van der Waals surface area contributed by atoms with E-state index in [2.05, 4.69) is 4.90 Å². The van der Waals surface area contributed by atoms with Crippen LogP contribution < -0.4 is 9.64 Å². The first kappa shape index (κ1) is 17.1. The molecule has 0 unspecified atom stereocenters. The number of hydrogen-bond acceptors (Lipinski definition) is 6. The van der Waals surface area contributed by atoms with Crippen LogP contribution in [0.2, 0.25) is 0 Å². The Labute approximate surface area is 157 Å². The molecular weight excluding hydrogens is 344 g/mol. The van der Waals surface area contributed by atoms with Crippen molar-refractivity contribution in [1.29, 1.82) is 0 Å². The van der Waals surface area contributed by atoms with E-state index in [9.17, 15) is 14.7 Å². The monoisotopic (exact) mass is 364 g/mol. The molecule has 0 aromatic heterocycles. The Bertz CT molecular complexity index is 943. The predicted octanol–water partition coefficient (Wildman–Crippen LogP) is 2.49. The fraction of sp³-hybridized carbons (Fsp3) is 0.238. The molecule has 1 aliphatic carbocycles. The summed E-state index contributed by atoms with van der Waals surface area (Å²) in [5.41, 5.74) is 1.74. The summed E-state index contributed by atoms with van der Waals surface area (Å²) >= 11 is 0. The molecule has 1 heterocycles. The van der Waals surface area contributed by atoms with Gasteiger partial charge in [0, 0.05) is 37.8 Å². The molecule has 138 valence electrons. The average molecular weight is 364 g/mol. The maximum absolute atomic E-state index is 12.9. The highest BCUT2D eigenvalue weighted by Crippen LogP contribution is 2.32. The van der Waals surface area contributed by atoms with Gasteiger partial charge in [0.2, 0.25) is 5.78 Å². The third kappa shape index (κ3) is 2.93. The Morgan fingerprint density at radius 1 is 0.926 bits per heavy atom. The molecule has 0 radical (unpaired) electrons. The minimum Gasteiger partial charge on any atom is -0.507 e. The van der Waals surface area contributed by atoms with Crippen molar-refractivity contribution in [1.82, 2.24) is 4.90 Å². The number of benzene rings is 2. The largest absolute Gasteiger partial charge is 0.507 e. The smallest absolute Gasteiger partial charge is 0.213 e. The molecule has 2 aliphatic rings. The summed E-state index contributed by atoms with van der Waals surface area (Å²) in [6.07, 6.45) is 1.39. The van der Waals surface area contributed by atoms with Crippen LogP contribution >= 0.6 is 0 Å². The highest BCUT2D eigenvalue weighted by atomic mass is 16.5. The van der Waals surface area contributed by atoms with E-state index in [0.29, 0.717) is 31.9 Å². The summed E-state index contributed by atoms with van der Waals surface area (Å²) < 4.78 is 5.43. The highest BCUT2D eigenvalue weighted by Gasteiger charge is 2.32. The van der Waals surface area contributed by atoms with Crippen LogP contribution in [0.5, 0.6) is 11.5 Å². The molecule has 6 nitrogen and oxygen atoms in total. The molecule has 27 heavy (non-hydrogen) atoms. The molecule has 6 heteroatoms. The summed E-state index contributed by atoms with van der Waals surface area (Å²) in [6.45, 7) is 2.61. The SMILES string of the molecule is COc1ccccc1N1CCN(C2=CC(=O)c3cccc(O)c3C2=O)CC1. The van der Waals surface area contributed by atoms with Gasteiger partial charge in [0.15, 0.2) is 5.78 Å². The zero-order chi connectivity index (χ0) is 19.0. The van der Waals surface area contributed by atoms with Gasteiger partial charge in [-0.25, -0.2) is 0 Å². The fourth-order valence-corrected chi connectivity index (χ4v) is 3.69. The van der Waals surface area contributed by atoms with Gasteiger partial charge in [-0.15, -0.1) is 0 Å². The lowest BCUT2D eigenvalue weighted by molar-refractivity contribution is 0.0945. The normalized spacial score (nSPS) is 16.9. The van der Waals surface area contributed by atoms with Crippen LogP contribution in [0.15, 0.2) is 54.2 Å². The number of ketones is 2. The first-order valence-corrected chi connectivity index (χ1v) is 8.86. The molecule has 0 atom stereocenters. The average Bonchev–Trinajstić information content (AvgIpc) is 2.70. The number of Topliss-reactive ketones (excluding diaryl/α,β-unsaturated/α-hetero) is 1. The van der Waals surface area contributed by atoms with Crippen LogP contribution in [0.1, 0.15) is 20.7 Å². The fourth-order valence-electron chi connectivity index (χ4n) is 3.69. The number of carbonyl (C=O) groups excluding carboxylic acids is 2. The summed E-state index contributed by atoms with van der Waals surface area (Å²) in [5.74, 6) is 0.119. The van der Waals surface area contributed by atoms with Gasteiger partial charge in [-0.3, -0.25) is 9.59 Å². The van der Waals surface area contributed by atoms with Crippen molar-refractivity contribution in [3.8, 4) is 11.5 Å². The second kappa shape index (κ2) is 6.79. The van der Waals surface area contributed by atoms with Crippen LogP contribution in [0.3, 0.4) is 0 Å². The molecule has 0 spiro atoms. The number of anilines is 1. The maximum Gasteiger partial charge on any atom is 0.213 e. The van der Waals surface area contributed by atoms with E-state index in [-0.39, 0.29) is 28.4 Å². The van der Waals surface area contributed by atoms with Gasteiger partial charge in [-0.1, -0.05) is 24.3 Å². The number of phenols is 1. The maximum atomic E-state index is 12.9. The molecule has 4 rings (SSSR count). The van der Waals surface area contributed by atoms with Crippen molar-refractivity contribution in [3.05, 3.63) is 65.4 Å². The first-order chi connectivity index (χ1) is 13.1. The van der Waals surface area contributed by atoms with Crippen LogP contribution in [0.25, 0.3) is 0 Å². The number of carbonyl (C=O) groups is 2. The number of rotatable bonds is 3. The highest BCUT2D eigenvalue weighted by molar-refractivity contribution is 6.25. The van der Waals surface area contributed by atoms with Crippen molar-refractivity contribution in [2.75, 3.05) is 38.2 Å². The van der Waals surface area contributed by atoms with Crippen molar-refractivity contribution >= 4 is 17.3 Å². The Kier molecular flexibility index (Phi) is 4.32. The van der Waals surface area contributed by atoms with Crippen molar-refractivity contribution < 1.29 is 19.4 Å². The van der Waals surface area contributed by atoms with E-state index >= 15 is 0 Å². The quantitative estimate of drug-likeness (QED) is 0.902. The van der Waals surface area contributed by atoms with E-state index in [1.165, 1.54) is 12.1 Å². The van der Waals surface area contributed by atoms with Crippen LogP contribution in [-0.4, -0.2) is 54.9 Å². The van der Waals surface area contributed by atoms with Gasteiger partial charge in [0.25, 0.3) is 0 Å². The number of methoxy groups -OCH3 is 1. The molecule has 1 fully saturated rings.